The fraction of sp³-hybridized carbons (Fsp3) is 0.206. The SMILES string of the molecule is Cc1c(COc2cc(OCc3cncc(C#N)c3)c(CN[C@](C)(CO)C(=O)O)cc2Cl)cccc1-c1ccc2ccoc2c1. The van der Waals surface area contributed by atoms with Gasteiger partial charge in [-0.05, 0) is 60.4 Å². The largest absolute Gasteiger partial charge is 0.488 e. The van der Waals surface area contributed by atoms with Crippen LogP contribution < -0.4 is 14.8 Å². The second-order valence-electron chi connectivity index (χ2n) is 10.6. The number of aliphatic carboxylic acids is 1. The molecule has 3 N–H and O–H groups in total. The lowest BCUT2D eigenvalue weighted by atomic mass is 9.96. The summed E-state index contributed by atoms with van der Waals surface area (Å²) in [6.07, 6.45) is 4.73. The van der Waals surface area contributed by atoms with Gasteiger partial charge >= 0.3 is 5.97 Å². The van der Waals surface area contributed by atoms with Crippen molar-refractivity contribution in [1.82, 2.24) is 10.3 Å². The predicted molar refractivity (Wildman–Crippen MR) is 165 cm³/mol. The molecule has 0 bridgehead atoms. The minimum atomic E-state index is -1.58. The van der Waals surface area contributed by atoms with Gasteiger partial charge in [-0.25, -0.2) is 0 Å². The smallest absolute Gasteiger partial charge is 0.326 e. The Kier molecular flexibility index (Phi) is 9.16. The normalized spacial score (nSPS) is 12.4. The number of furan rings is 1. The molecule has 2 aromatic heterocycles. The van der Waals surface area contributed by atoms with Gasteiger partial charge in [-0.1, -0.05) is 41.9 Å². The summed E-state index contributed by atoms with van der Waals surface area (Å²) in [5.41, 5.74) is 4.96. The van der Waals surface area contributed by atoms with Crippen LogP contribution in [0.2, 0.25) is 5.02 Å². The Balaban J connectivity index is 1.40. The zero-order valence-corrected chi connectivity index (χ0v) is 24.9. The first-order valence-electron chi connectivity index (χ1n) is 13.8. The molecule has 2 heterocycles. The van der Waals surface area contributed by atoms with Crippen molar-refractivity contribution in [3.8, 4) is 28.7 Å². The van der Waals surface area contributed by atoms with Crippen molar-refractivity contribution in [2.75, 3.05) is 6.61 Å². The van der Waals surface area contributed by atoms with Crippen LogP contribution in [0.25, 0.3) is 22.1 Å². The maximum absolute atomic E-state index is 11.7. The van der Waals surface area contributed by atoms with Crippen LogP contribution >= 0.6 is 11.6 Å². The number of aliphatic hydroxyl groups excluding tert-OH is 1. The summed E-state index contributed by atoms with van der Waals surface area (Å²) < 4.78 is 17.9. The minimum absolute atomic E-state index is 0.0380. The summed E-state index contributed by atoms with van der Waals surface area (Å²) >= 11 is 6.65. The quantitative estimate of drug-likeness (QED) is 0.146. The van der Waals surface area contributed by atoms with E-state index in [-0.39, 0.29) is 19.8 Å². The van der Waals surface area contributed by atoms with Crippen LogP contribution in [-0.4, -0.2) is 33.3 Å². The second kappa shape index (κ2) is 13.2. The van der Waals surface area contributed by atoms with Crippen LogP contribution in [0.4, 0.5) is 0 Å². The summed E-state index contributed by atoms with van der Waals surface area (Å²) in [6.45, 7) is 3.17. The number of aromatic nitrogens is 1. The maximum Gasteiger partial charge on any atom is 0.326 e. The number of carbonyl (C=O) groups is 1. The number of nitrogens with zero attached hydrogens (tertiary/aromatic N) is 2. The van der Waals surface area contributed by atoms with E-state index in [4.69, 9.17) is 25.5 Å². The number of ether oxygens (including phenoxy) is 2. The zero-order chi connectivity index (χ0) is 31.3. The van der Waals surface area contributed by atoms with Crippen molar-refractivity contribution in [3.63, 3.8) is 0 Å². The molecule has 0 amide bonds. The molecule has 0 fully saturated rings. The fourth-order valence-electron chi connectivity index (χ4n) is 4.67. The average Bonchev–Trinajstić information content (AvgIpc) is 3.51. The van der Waals surface area contributed by atoms with Gasteiger partial charge in [0.25, 0.3) is 0 Å². The molecule has 10 heteroatoms. The Morgan fingerprint density at radius 3 is 2.66 bits per heavy atom. The number of benzene rings is 3. The standard InChI is InChI=1S/C34H30ClN3O6/c1-21-26(4-3-5-28(21)25-7-6-24-8-9-42-30(24)12-25)19-44-32-13-31(43-18-23-10-22(14-36)15-37-16-23)27(11-29(32)35)17-38-34(2,20-39)33(40)41/h3-13,15-16,38-39H,17-20H2,1-2H3,(H,40,41)/t34-/m1/s1. The Hall–Kier alpha value is -4.88. The molecule has 5 aromatic rings. The number of nitriles is 1. The van der Waals surface area contributed by atoms with Crippen molar-refractivity contribution in [1.29, 1.82) is 5.26 Å². The number of fused-ring (bicyclic) bond motifs is 1. The topological polar surface area (TPSA) is 138 Å². The zero-order valence-electron chi connectivity index (χ0n) is 24.1. The van der Waals surface area contributed by atoms with E-state index >= 15 is 0 Å². The molecular weight excluding hydrogens is 582 g/mol. The van der Waals surface area contributed by atoms with Crippen molar-refractivity contribution >= 4 is 28.5 Å². The molecule has 224 valence electrons. The Bertz CT molecular complexity index is 1860. The van der Waals surface area contributed by atoms with E-state index in [1.54, 1.807) is 30.7 Å². The highest BCUT2D eigenvalue weighted by Crippen LogP contribution is 2.35. The van der Waals surface area contributed by atoms with Crippen molar-refractivity contribution < 1.29 is 28.9 Å². The lowest BCUT2D eigenvalue weighted by Crippen LogP contribution is -2.52. The highest BCUT2D eigenvalue weighted by atomic mass is 35.5. The van der Waals surface area contributed by atoms with Crippen LogP contribution in [0, 0.1) is 18.3 Å². The maximum atomic E-state index is 11.7. The minimum Gasteiger partial charge on any atom is -0.488 e. The number of carboxylic acids is 1. The molecule has 0 unspecified atom stereocenters. The molecule has 5 rings (SSSR count). The van der Waals surface area contributed by atoms with Gasteiger partial charge in [-0.15, -0.1) is 0 Å². The number of halogens is 1. The van der Waals surface area contributed by atoms with Crippen molar-refractivity contribution in [2.24, 2.45) is 0 Å². The highest BCUT2D eigenvalue weighted by Gasteiger charge is 2.32. The van der Waals surface area contributed by atoms with E-state index in [0.717, 1.165) is 33.2 Å². The van der Waals surface area contributed by atoms with E-state index in [0.29, 0.717) is 33.2 Å². The molecule has 0 saturated carbocycles. The summed E-state index contributed by atoms with van der Waals surface area (Å²) in [5.74, 6) is -0.434. The molecule has 3 aromatic carbocycles. The first-order chi connectivity index (χ1) is 21.2. The van der Waals surface area contributed by atoms with E-state index in [2.05, 4.69) is 28.5 Å². The van der Waals surface area contributed by atoms with Crippen LogP contribution in [0.15, 0.2) is 83.7 Å². The molecule has 0 aliphatic carbocycles. The van der Waals surface area contributed by atoms with Gasteiger partial charge in [0.1, 0.15) is 41.9 Å². The number of hydrogen-bond donors (Lipinski definition) is 3. The van der Waals surface area contributed by atoms with Gasteiger partial charge in [0.05, 0.1) is 23.5 Å². The van der Waals surface area contributed by atoms with Crippen LogP contribution in [0.3, 0.4) is 0 Å². The Labute approximate surface area is 259 Å². The molecule has 0 radical (unpaired) electrons. The van der Waals surface area contributed by atoms with Crippen LogP contribution in [-0.2, 0) is 24.6 Å². The molecular formula is C34H30ClN3O6. The van der Waals surface area contributed by atoms with Gasteiger partial charge < -0.3 is 24.1 Å². The summed E-state index contributed by atoms with van der Waals surface area (Å²) in [7, 11) is 0. The fourth-order valence-corrected chi connectivity index (χ4v) is 4.91. The molecule has 0 spiro atoms. The summed E-state index contributed by atoms with van der Waals surface area (Å²) in [6, 6.07) is 21.1. The summed E-state index contributed by atoms with van der Waals surface area (Å²) in [4.78, 5) is 15.8. The first-order valence-corrected chi connectivity index (χ1v) is 14.2. The third kappa shape index (κ3) is 6.68. The number of nitrogens with one attached hydrogen (secondary N) is 1. The number of hydrogen-bond acceptors (Lipinski definition) is 8. The molecule has 0 aliphatic rings. The number of pyridine rings is 1. The first kappa shape index (κ1) is 30.6. The van der Waals surface area contributed by atoms with Crippen molar-refractivity contribution in [2.45, 2.75) is 39.1 Å². The molecule has 9 nitrogen and oxygen atoms in total. The Morgan fingerprint density at radius 2 is 1.89 bits per heavy atom. The third-order valence-corrected chi connectivity index (χ3v) is 7.78. The molecule has 1 atom stereocenters. The van der Waals surface area contributed by atoms with Crippen LogP contribution in [0.5, 0.6) is 11.5 Å². The van der Waals surface area contributed by atoms with E-state index in [9.17, 15) is 20.3 Å². The van der Waals surface area contributed by atoms with E-state index < -0.39 is 18.1 Å². The van der Waals surface area contributed by atoms with Gasteiger partial charge in [0.2, 0.25) is 0 Å². The summed E-state index contributed by atoms with van der Waals surface area (Å²) in [5, 5.41) is 32.7. The van der Waals surface area contributed by atoms with Gasteiger partial charge in [0, 0.05) is 41.5 Å². The lowest BCUT2D eigenvalue weighted by Gasteiger charge is -2.25. The Morgan fingerprint density at radius 1 is 1.07 bits per heavy atom. The van der Waals surface area contributed by atoms with Crippen LogP contribution in [0.1, 0.15) is 34.7 Å². The van der Waals surface area contributed by atoms with Gasteiger partial charge in [0.15, 0.2) is 0 Å². The van der Waals surface area contributed by atoms with Gasteiger partial charge in [-0.2, -0.15) is 5.26 Å². The number of aliphatic hydroxyl groups is 1. The highest BCUT2D eigenvalue weighted by molar-refractivity contribution is 6.32. The van der Waals surface area contributed by atoms with Crippen molar-refractivity contribution in [3.05, 3.63) is 112 Å². The van der Waals surface area contributed by atoms with E-state index in [1.165, 1.54) is 13.1 Å². The van der Waals surface area contributed by atoms with E-state index in [1.807, 2.05) is 37.3 Å². The molecule has 0 aliphatic heterocycles. The lowest BCUT2D eigenvalue weighted by molar-refractivity contribution is -0.145. The number of carboxylic acid groups (broad SMARTS) is 1. The second-order valence-corrected chi connectivity index (χ2v) is 11.0. The van der Waals surface area contributed by atoms with Gasteiger partial charge in [-0.3, -0.25) is 15.1 Å². The monoisotopic (exact) mass is 611 g/mol. The molecule has 44 heavy (non-hydrogen) atoms. The molecule has 0 saturated heterocycles. The predicted octanol–water partition coefficient (Wildman–Crippen LogP) is 6.41. The third-order valence-electron chi connectivity index (χ3n) is 7.49. The number of rotatable bonds is 12. The average molecular weight is 612 g/mol.